The second kappa shape index (κ2) is 11.9. The number of rotatable bonds is 10. The lowest BCUT2D eigenvalue weighted by Crippen LogP contribution is -2.51. The lowest BCUT2D eigenvalue weighted by molar-refractivity contribution is -0.116. The van der Waals surface area contributed by atoms with Crippen LogP contribution in [0, 0.1) is 16.7 Å². The van der Waals surface area contributed by atoms with Gasteiger partial charge in [-0.2, -0.15) is 4.31 Å². The predicted molar refractivity (Wildman–Crippen MR) is 146 cm³/mol. The van der Waals surface area contributed by atoms with Crippen molar-refractivity contribution in [3.05, 3.63) is 40.7 Å². The number of halogens is 2. The van der Waals surface area contributed by atoms with Crippen LogP contribution in [-0.2, 0) is 19.6 Å². The molecule has 210 valence electrons. The highest BCUT2D eigenvalue weighted by Crippen LogP contribution is 2.45. The molecule has 0 radical (unpaired) electrons. The van der Waals surface area contributed by atoms with Crippen molar-refractivity contribution < 1.29 is 22.3 Å². The first-order valence-electron chi connectivity index (χ1n) is 13.1. The van der Waals surface area contributed by atoms with E-state index in [0.717, 1.165) is 19.1 Å². The molecule has 4 N–H and O–H groups in total. The number of benzene rings is 1. The minimum atomic E-state index is -3.68. The third kappa shape index (κ3) is 7.25. The Morgan fingerprint density at radius 3 is 2.63 bits per heavy atom. The van der Waals surface area contributed by atoms with Crippen molar-refractivity contribution in [3.63, 3.8) is 0 Å². The first kappa shape index (κ1) is 28.8. The molecule has 0 spiro atoms. The molecule has 3 fully saturated rings. The molecule has 3 atom stereocenters. The van der Waals surface area contributed by atoms with Crippen LogP contribution < -0.4 is 11.1 Å². The van der Waals surface area contributed by atoms with Gasteiger partial charge >= 0.3 is 0 Å². The smallest absolute Gasteiger partial charge is 0.293 e. The van der Waals surface area contributed by atoms with Crippen LogP contribution in [0.1, 0.15) is 39.0 Å². The van der Waals surface area contributed by atoms with Crippen LogP contribution in [0.25, 0.3) is 0 Å². The third-order valence-electron chi connectivity index (χ3n) is 7.65. The average molecular weight is 570 g/mol. The van der Waals surface area contributed by atoms with E-state index >= 15 is 0 Å². The van der Waals surface area contributed by atoms with Crippen LogP contribution in [0.15, 0.2) is 35.7 Å². The van der Waals surface area contributed by atoms with Gasteiger partial charge in [0.15, 0.2) is 0 Å². The number of carbonyl (C=O) groups excluding carboxylic acids is 1. The zero-order chi connectivity index (χ0) is 27.5. The summed E-state index contributed by atoms with van der Waals surface area (Å²) in [6.07, 6.45) is 3.14. The number of carbonyl (C=O) groups is 1. The number of nitrogens with two attached hydrogens (primary N) is 1. The van der Waals surface area contributed by atoms with Crippen molar-refractivity contribution >= 4 is 39.4 Å². The molecule has 0 aromatic heterocycles. The summed E-state index contributed by atoms with van der Waals surface area (Å²) in [5.74, 6) is -1.35. The maximum Gasteiger partial charge on any atom is 0.293 e. The number of amides is 1. The zero-order valence-corrected chi connectivity index (χ0v) is 23.2. The number of allylic oxidation sites excluding steroid dienone is 1. The number of alkyl halides is 1. The SMILES string of the molecule is CC1(CO/C(C(=O)Nc2cccc(Cl)c2)=C(/C=N)N2CCN(S(=O)(=O)CC3CC(N)CCC3F)CC2)CC1. The Kier molecular flexibility index (Phi) is 9.01. The number of nitrogens with zero attached hydrogens (tertiary/aromatic N) is 2. The topological polar surface area (TPSA) is 129 Å². The normalized spacial score (nSPS) is 26.3. The van der Waals surface area contributed by atoms with Crippen LogP contribution in [0.3, 0.4) is 0 Å². The van der Waals surface area contributed by atoms with Gasteiger partial charge in [0.25, 0.3) is 5.91 Å². The minimum Gasteiger partial charge on any atom is -0.486 e. The summed E-state index contributed by atoms with van der Waals surface area (Å²) in [5.41, 5.74) is 6.73. The van der Waals surface area contributed by atoms with E-state index in [9.17, 15) is 17.6 Å². The standard InChI is InChI=1S/C26H37ClFN5O4S/c1-26(7-8-26)17-37-24(25(34)31-21-4-2-3-19(27)14-21)23(15-29)32-9-11-33(12-10-32)38(35,36)16-18-13-20(30)5-6-22(18)28/h2-4,14-15,18,20,22,29H,5-13,16-17,30H2,1H3,(H,31,34)/b24-23-,29-15?. The molecule has 1 saturated heterocycles. The Bertz CT molecular complexity index is 1170. The highest BCUT2D eigenvalue weighted by molar-refractivity contribution is 7.89. The molecule has 12 heteroatoms. The predicted octanol–water partition coefficient (Wildman–Crippen LogP) is 3.37. The van der Waals surface area contributed by atoms with Crippen LogP contribution >= 0.6 is 11.6 Å². The van der Waals surface area contributed by atoms with Crippen LogP contribution in [0.5, 0.6) is 0 Å². The Morgan fingerprint density at radius 2 is 2.00 bits per heavy atom. The fourth-order valence-corrected chi connectivity index (χ4v) is 6.94. The molecular formula is C26H37ClFN5O4S. The number of ether oxygens (including phenoxy) is 1. The summed E-state index contributed by atoms with van der Waals surface area (Å²) in [6, 6.07) is 6.57. The second-order valence-corrected chi connectivity index (χ2v) is 13.4. The summed E-state index contributed by atoms with van der Waals surface area (Å²) in [6.45, 7) is 3.27. The van der Waals surface area contributed by atoms with Gasteiger partial charge in [-0.05, 0) is 50.3 Å². The molecule has 1 aromatic carbocycles. The molecule has 1 amide bonds. The lowest BCUT2D eigenvalue weighted by Gasteiger charge is -2.37. The highest BCUT2D eigenvalue weighted by Gasteiger charge is 2.40. The maximum absolute atomic E-state index is 14.4. The Hall–Kier alpha value is -2.21. The van der Waals surface area contributed by atoms with Crippen molar-refractivity contribution in [1.29, 1.82) is 5.41 Å². The Balaban J connectivity index is 1.47. The van der Waals surface area contributed by atoms with Crippen molar-refractivity contribution in [2.75, 3.05) is 43.9 Å². The van der Waals surface area contributed by atoms with Gasteiger partial charge in [-0.1, -0.05) is 24.6 Å². The first-order chi connectivity index (χ1) is 18.0. The molecule has 2 saturated carbocycles. The Labute approximate surface area is 229 Å². The van der Waals surface area contributed by atoms with Crippen molar-refractivity contribution in [2.45, 2.75) is 51.2 Å². The van der Waals surface area contributed by atoms with E-state index in [1.807, 2.05) is 0 Å². The van der Waals surface area contributed by atoms with E-state index < -0.39 is 28.0 Å². The second-order valence-electron chi connectivity index (χ2n) is 10.9. The molecule has 38 heavy (non-hydrogen) atoms. The summed E-state index contributed by atoms with van der Waals surface area (Å²) in [7, 11) is -3.68. The minimum absolute atomic E-state index is 0.00255. The van der Waals surface area contributed by atoms with E-state index in [0.29, 0.717) is 36.6 Å². The molecule has 9 nitrogen and oxygen atoms in total. The van der Waals surface area contributed by atoms with Gasteiger partial charge < -0.3 is 26.1 Å². The van der Waals surface area contributed by atoms with Gasteiger partial charge in [0.05, 0.1) is 12.4 Å². The maximum atomic E-state index is 14.4. The molecule has 3 unspecified atom stereocenters. The van der Waals surface area contributed by atoms with Gasteiger partial charge in [0.2, 0.25) is 15.8 Å². The van der Waals surface area contributed by atoms with E-state index in [4.69, 9.17) is 27.5 Å². The fraction of sp³-hybridized carbons (Fsp3) is 0.615. The largest absolute Gasteiger partial charge is 0.486 e. The van der Waals surface area contributed by atoms with Gasteiger partial charge in [0, 0.05) is 60.5 Å². The number of anilines is 1. The molecular weight excluding hydrogens is 533 g/mol. The molecule has 4 rings (SSSR count). The third-order valence-corrected chi connectivity index (χ3v) is 9.89. The van der Waals surface area contributed by atoms with Crippen LogP contribution in [-0.4, -0.2) is 80.5 Å². The monoisotopic (exact) mass is 569 g/mol. The van der Waals surface area contributed by atoms with E-state index in [-0.39, 0.29) is 54.8 Å². The van der Waals surface area contributed by atoms with Crippen molar-refractivity contribution in [3.8, 4) is 0 Å². The fourth-order valence-electron chi connectivity index (χ4n) is 4.93. The van der Waals surface area contributed by atoms with Gasteiger partial charge in [-0.3, -0.25) is 4.79 Å². The van der Waals surface area contributed by atoms with Gasteiger partial charge in [0.1, 0.15) is 11.9 Å². The molecule has 1 aliphatic heterocycles. The molecule has 1 heterocycles. The zero-order valence-electron chi connectivity index (χ0n) is 21.7. The van der Waals surface area contributed by atoms with Gasteiger partial charge in [-0.15, -0.1) is 0 Å². The molecule has 0 bridgehead atoms. The average Bonchev–Trinajstić information content (AvgIpc) is 3.61. The molecule has 2 aliphatic carbocycles. The summed E-state index contributed by atoms with van der Waals surface area (Å²) >= 11 is 6.06. The van der Waals surface area contributed by atoms with E-state index in [2.05, 4.69) is 12.2 Å². The lowest BCUT2D eigenvalue weighted by atomic mass is 9.86. The number of sulfonamides is 1. The summed E-state index contributed by atoms with van der Waals surface area (Å²) < 4.78 is 48.0. The van der Waals surface area contributed by atoms with Crippen molar-refractivity contribution in [2.24, 2.45) is 17.1 Å². The van der Waals surface area contributed by atoms with Crippen LogP contribution in [0.4, 0.5) is 10.1 Å². The quantitative estimate of drug-likeness (QED) is 0.225. The van der Waals surface area contributed by atoms with Crippen molar-refractivity contribution in [1.82, 2.24) is 9.21 Å². The van der Waals surface area contributed by atoms with Gasteiger partial charge in [-0.25, -0.2) is 12.8 Å². The first-order valence-corrected chi connectivity index (χ1v) is 15.1. The highest BCUT2D eigenvalue weighted by atomic mass is 35.5. The molecule has 3 aliphatic rings. The molecule has 1 aromatic rings. The summed E-state index contributed by atoms with van der Waals surface area (Å²) in [4.78, 5) is 15.1. The number of piperazine rings is 1. The Morgan fingerprint density at radius 1 is 1.29 bits per heavy atom. The van der Waals surface area contributed by atoms with E-state index in [1.165, 1.54) is 4.31 Å². The van der Waals surface area contributed by atoms with E-state index in [1.54, 1.807) is 29.2 Å². The number of hydrogen-bond acceptors (Lipinski definition) is 7. The number of hydrogen-bond donors (Lipinski definition) is 3. The summed E-state index contributed by atoms with van der Waals surface area (Å²) in [5, 5.41) is 11.3. The van der Waals surface area contributed by atoms with Crippen LogP contribution in [0.2, 0.25) is 5.02 Å². The number of nitrogens with one attached hydrogen (secondary N) is 2.